The van der Waals surface area contributed by atoms with Gasteiger partial charge in [-0.05, 0) is 25.0 Å². The number of aliphatic imine (C=N–C) groups is 1. The molecule has 5 nitrogen and oxygen atoms in total. The van der Waals surface area contributed by atoms with Crippen LogP contribution in [0.3, 0.4) is 0 Å². The number of hydrogen-bond donors (Lipinski definition) is 2. The van der Waals surface area contributed by atoms with E-state index in [0.29, 0.717) is 6.54 Å². The molecule has 26 heavy (non-hydrogen) atoms. The van der Waals surface area contributed by atoms with Crippen molar-refractivity contribution in [2.75, 3.05) is 20.1 Å². The fourth-order valence-corrected chi connectivity index (χ4v) is 3.17. The van der Waals surface area contributed by atoms with Gasteiger partial charge in [-0.25, -0.2) is 4.98 Å². The van der Waals surface area contributed by atoms with Crippen molar-refractivity contribution in [1.82, 2.24) is 15.6 Å². The summed E-state index contributed by atoms with van der Waals surface area (Å²) in [7, 11) is 1.78. The van der Waals surface area contributed by atoms with Crippen molar-refractivity contribution in [3.05, 3.63) is 46.4 Å². The number of para-hydroxylation sites is 1. The molecule has 0 aliphatic rings. The van der Waals surface area contributed by atoms with Gasteiger partial charge >= 0.3 is 0 Å². The fraction of sp³-hybridized carbons (Fsp3) is 0.474. The summed E-state index contributed by atoms with van der Waals surface area (Å²) in [5, 5.41) is 7.84. The topological polar surface area (TPSA) is 58.5 Å². The van der Waals surface area contributed by atoms with Crippen LogP contribution in [0.15, 0.2) is 41.5 Å². The molecule has 0 saturated carbocycles. The van der Waals surface area contributed by atoms with E-state index < -0.39 is 0 Å². The summed E-state index contributed by atoms with van der Waals surface area (Å²) in [5.74, 6) is 1.69. The zero-order chi connectivity index (χ0) is 17.9. The third-order valence-electron chi connectivity index (χ3n) is 3.80. The Morgan fingerprint density at radius 2 is 2.00 bits per heavy atom. The highest BCUT2D eigenvalue weighted by Crippen LogP contribution is 2.13. The second kappa shape index (κ2) is 12.9. The van der Waals surface area contributed by atoms with Crippen molar-refractivity contribution in [2.24, 2.45) is 4.99 Å². The van der Waals surface area contributed by atoms with Gasteiger partial charge < -0.3 is 15.4 Å². The number of nitrogens with zero attached hydrogens (tertiary/aromatic N) is 2. The summed E-state index contributed by atoms with van der Waals surface area (Å²) >= 11 is 1.78. The van der Waals surface area contributed by atoms with Gasteiger partial charge in [0.15, 0.2) is 5.96 Å². The van der Waals surface area contributed by atoms with Crippen LogP contribution in [0, 0.1) is 0 Å². The molecule has 0 radical (unpaired) electrons. The minimum Gasteiger partial charge on any atom is -0.489 e. The number of rotatable bonds is 9. The molecule has 1 unspecified atom stereocenters. The van der Waals surface area contributed by atoms with Crippen LogP contribution in [0.2, 0.25) is 0 Å². The summed E-state index contributed by atoms with van der Waals surface area (Å²) in [4.78, 5) is 10.1. The lowest BCUT2D eigenvalue weighted by Gasteiger charge is -2.19. The predicted molar refractivity (Wildman–Crippen MR) is 121 cm³/mol. The molecule has 1 atom stereocenters. The second-order valence-corrected chi connectivity index (χ2v) is 6.86. The average molecular weight is 488 g/mol. The van der Waals surface area contributed by atoms with Crippen molar-refractivity contribution in [2.45, 2.75) is 39.2 Å². The molecule has 144 valence electrons. The highest BCUT2D eigenvalue weighted by molar-refractivity contribution is 14.0. The quantitative estimate of drug-likeness (QED) is 0.320. The molecule has 7 heteroatoms. The van der Waals surface area contributed by atoms with Gasteiger partial charge in [0.1, 0.15) is 11.9 Å². The Bertz CT molecular complexity index is 648. The molecule has 0 saturated heterocycles. The van der Waals surface area contributed by atoms with E-state index in [1.54, 1.807) is 18.4 Å². The highest BCUT2D eigenvalue weighted by Gasteiger charge is 2.09. The first-order valence-corrected chi connectivity index (χ1v) is 9.66. The minimum atomic E-state index is 0. The largest absolute Gasteiger partial charge is 0.489 e. The summed E-state index contributed by atoms with van der Waals surface area (Å²) in [5.41, 5.74) is 0. The summed E-state index contributed by atoms with van der Waals surface area (Å²) in [6.45, 7) is 5.80. The standard InChI is InChI=1S/C19H28N4OS.HI/c1-4-15(24-16-9-7-6-8-10-16)13-23-19(20-3)21-12-11-18-22-14-17(5-2)25-18;/h6-10,14-15H,4-5,11-13H2,1-3H3,(H2,20,21,23);1H. The van der Waals surface area contributed by atoms with Gasteiger partial charge in [0.05, 0.1) is 11.6 Å². The van der Waals surface area contributed by atoms with Gasteiger partial charge in [-0.2, -0.15) is 0 Å². The number of aryl methyl sites for hydroxylation is 1. The van der Waals surface area contributed by atoms with E-state index in [1.807, 2.05) is 36.5 Å². The molecule has 0 bridgehead atoms. The minimum absolute atomic E-state index is 0. The number of hydrogen-bond acceptors (Lipinski definition) is 4. The van der Waals surface area contributed by atoms with E-state index in [0.717, 1.165) is 37.5 Å². The third-order valence-corrected chi connectivity index (χ3v) is 5.00. The van der Waals surface area contributed by atoms with Crippen molar-refractivity contribution >= 4 is 41.3 Å². The molecule has 1 aromatic heterocycles. The normalized spacial score (nSPS) is 12.2. The molecular weight excluding hydrogens is 459 g/mol. The lowest BCUT2D eigenvalue weighted by molar-refractivity contribution is 0.199. The van der Waals surface area contributed by atoms with Gasteiger partial charge in [-0.3, -0.25) is 4.99 Å². The summed E-state index contributed by atoms with van der Waals surface area (Å²) in [6, 6.07) is 9.92. The molecule has 0 amide bonds. The molecule has 2 rings (SSSR count). The van der Waals surface area contributed by atoms with Crippen LogP contribution in [0.1, 0.15) is 30.2 Å². The van der Waals surface area contributed by atoms with Crippen LogP contribution >= 0.6 is 35.3 Å². The average Bonchev–Trinajstić information content (AvgIpc) is 3.12. The molecule has 2 N–H and O–H groups in total. The maximum Gasteiger partial charge on any atom is 0.191 e. The highest BCUT2D eigenvalue weighted by atomic mass is 127. The Morgan fingerprint density at radius 1 is 1.23 bits per heavy atom. The number of guanidine groups is 1. The van der Waals surface area contributed by atoms with Gasteiger partial charge in [0.25, 0.3) is 0 Å². The molecule has 1 aromatic carbocycles. The number of ether oxygens (including phenoxy) is 1. The Labute approximate surface area is 177 Å². The lowest BCUT2D eigenvalue weighted by Crippen LogP contribution is -2.43. The van der Waals surface area contributed by atoms with Gasteiger partial charge in [0.2, 0.25) is 0 Å². The molecule has 2 aromatic rings. The molecular formula is C19H29IN4OS. The Kier molecular flexibility index (Phi) is 11.3. The first-order chi connectivity index (χ1) is 12.2. The smallest absolute Gasteiger partial charge is 0.191 e. The Hall–Kier alpha value is -1.35. The van der Waals surface area contributed by atoms with E-state index in [1.165, 1.54) is 9.88 Å². The summed E-state index contributed by atoms with van der Waals surface area (Å²) in [6.07, 6.45) is 4.96. The van der Waals surface area contributed by atoms with Crippen LogP contribution in [0.5, 0.6) is 5.75 Å². The van der Waals surface area contributed by atoms with Crippen LogP contribution < -0.4 is 15.4 Å². The zero-order valence-electron chi connectivity index (χ0n) is 15.7. The van der Waals surface area contributed by atoms with Crippen molar-refractivity contribution < 1.29 is 4.74 Å². The zero-order valence-corrected chi connectivity index (χ0v) is 18.8. The Balaban J connectivity index is 0.00000338. The van der Waals surface area contributed by atoms with Gasteiger partial charge in [-0.1, -0.05) is 32.0 Å². The van der Waals surface area contributed by atoms with Crippen LogP contribution in [0.4, 0.5) is 0 Å². The Morgan fingerprint density at radius 3 is 2.62 bits per heavy atom. The SMILES string of the molecule is CCc1cnc(CCNC(=NC)NCC(CC)Oc2ccccc2)s1.I. The lowest BCUT2D eigenvalue weighted by atomic mass is 10.2. The van der Waals surface area contributed by atoms with Crippen molar-refractivity contribution in [3.8, 4) is 5.75 Å². The molecule has 0 spiro atoms. The van der Waals surface area contributed by atoms with Crippen LogP contribution in [-0.4, -0.2) is 37.2 Å². The monoisotopic (exact) mass is 488 g/mol. The van der Waals surface area contributed by atoms with E-state index in [9.17, 15) is 0 Å². The van der Waals surface area contributed by atoms with Gasteiger partial charge in [-0.15, -0.1) is 35.3 Å². The van der Waals surface area contributed by atoms with Crippen LogP contribution in [0.25, 0.3) is 0 Å². The number of aromatic nitrogens is 1. The number of benzene rings is 1. The first-order valence-electron chi connectivity index (χ1n) is 8.84. The molecule has 1 heterocycles. The number of halogens is 1. The van der Waals surface area contributed by atoms with Gasteiger partial charge in [0, 0.05) is 31.1 Å². The molecule has 0 aliphatic heterocycles. The number of nitrogens with one attached hydrogen (secondary N) is 2. The van der Waals surface area contributed by atoms with E-state index in [-0.39, 0.29) is 30.1 Å². The first kappa shape index (κ1) is 22.7. The summed E-state index contributed by atoms with van der Waals surface area (Å²) < 4.78 is 5.99. The molecule has 0 fully saturated rings. The maximum atomic E-state index is 5.99. The second-order valence-electron chi connectivity index (χ2n) is 5.66. The fourth-order valence-electron chi connectivity index (χ4n) is 2.31. The number of thiazole rings is 1. The van der Waals surface area contributed by atoms with E-state index >= 15 is 0 Å². The van der Waals surface area contributed by atoms with E-state index in [2.05, 4.69) is 34.5 Å². The van der Waals surface area contributed by atoms with Crippen molar-refractivity contribution in [3.63, 3.8) is 0 Å². The molecule has 0 aliphatic carbocycles. The third kappa shape index (κ3) is 7.90. The van der Waals surface area contributed by atoms with Crippen molar-refractivity contribution in [1.29, 1.82) is 0 Å². The van der Waals surface area contributed by atoms with Crippen LogP contribution in [-0.2, 0) is 12.8 Å². The predicted octanol–water partition coefficient (Wildman–Crippen LogP) is 3.89. The maximum absolute atomic E-state index is 5.99. The van der Waals surface area contributed by atoms with E-state index in [4.69, 9.17) is 4.74 Å².